The van der Waals surface area contributed by atoms with Gasteiger partial charge in [0.15, 0.2) is 11.5 Å². The summed E-state index contributed by atoms with van der Waals surface area (Å²) in [5.41, 5.74) is 3.80. The molecule has 0 saturated heterocycles. The second-order valence-electron chi connectivity index (χ2n) is 5.44. The lowest BCUT2D eigenvalue weighted by molar-refractivity contribution is 0.404. The molecule has 2 aromatic carbocycles. The fourth-order valence-electron chi connectivity index (χ4n) is 2.25. The highest BCUT2D eigenvalue weighted by Gasteiger charge is 2.11. The van der Waals surface area contributed by atoms with Gasteiger partial charge in [-0.05, 0) is 30.7 Å². The van der Waals surface area contributed by atoms with E-state index in [2.05, 4.69) is 11.1 Å². The minimum atomic E-state index is -0.381. The Morgan fingerprint density at radius 1 is 1.24 bits per heavy atom. The lowest BCUT2D eigenvalue weighted by Crippen LogP contribution is -1.84. The Kier molecular flexibility index (Phi) is 4.75. The van der Waals surface area contributed by atoms with Gasteiger partial charge < -0.3 is 10.2 Å². The fourth-order valence-corrected chi connectivity index (χ4v) is 3.27. The molecular formula is C19H13ClN2O2S. The van der Waals surface area contributed by atoms with Crippen LogP contribution in [0, 0.1) is 18.3 Å². The molecule has 3 aromatic rings. The number of rotatable bonds is 3. The number of aromatic hydroxyl groups is 2. The fraction of sp³-hybridized carbons (Fsp3) is 0.0526. The first-order chi connectivity index (χ1) is 12.0. The Hall–Kier alpha value is -2.81. The summed E-state index contributed by atoms with van der Waals surface area (Å²) in [7, 11) is 0. The van der Waals surface area contributed by atoms with Crippen molar-refractivity contribution in [2.75, 3.05) is 0 Å². The van der Waals surface area contributed by atoms with Crippen LogP contribution in [0.4, 0.5) is 0 Å². The molecule has 0 amide bonds. The van der Waals surface area contributed by atoms with Crippen molar-refractivity contribution in [1.82, 2.24) is 4.98 Å². The monoisotopic (exact) mass is 368 g/mol. The van der Waals surface area contributed by atoms with Crippen LogP contribution in [-0.4, -0.2) is 15.2 Å². The molecule has 0 aliphatic carbocycles. The van der Waals surface area contributed by atoms with Crippen LogP contribution >= 0.6 is 22.9 Å². The summed E-state index contributed by atoms with van der Waals surface area (Å²) in [5, 5.41) is 31.1. The Morgan fingerprint density at radius 2 is 1.96 bits per heavy atom. The highest BCUT2D eigenvalue weighted by atomic mass is 35.5. The van der Waals surface area contributed by atoms with Crippen LogP contribution in [0.1, 0.15) is 16.1 Å². The van der Waals surface area contributed by atoms with Gasteiger partial charge in [0.25, 0.3) is 0 Å². The number of nitrogens with zero attached hydrogens (tertiary/aromatic N) is 2. The normalized spacial score (nSPS) is 11.3. The van der Waals surface area contributed by atoms with E-state index in [1.54, 1.807) is 6.08 Å². The average Bonchev–Trinajstić information content (AvgIpc) is 3.08. The maximum atomic E-state index is 9.65. The molecule has 0 radical (unpaired) electrons. The molecule has 0 aliphatic heterocycles. The smallest absolute Gasteiger partial charge is 0.176 e. The lowest BCUT2D eigenvalue weighted by atomic mass is 10.1. The summed E-state index contributed by atoms with van der Waals surface area (Å²) in [6.45, 7) is 2.02. The average molecular weight is 369 g/mol. The van der Waals surface area contributed by atoms with Gasteiger partial charge in [0.05, 0.1) is 16.3 Å². The van der Waals surface area contributed by atoms with Gasteiger partial charge in [-0.3, -0.25) is 0 Å². The first-order valence-electron chi connectivity index (χ1n) is 7.34. The highest BCUT2D eigenvalue weighted by molar-refractivity contribution is 7.11. The predicted molar refractivity (Wildman–Crippen MR) is 101 cm³/mol. The van der Waals surface area contributed by atoms with Crippen molar-refractivity contribution in [3.63, 3.8) is 0 Å². The van der Waals surface area contributed by atoms with Gasteiger partial charge in [-0.15, -0.1) is 11.3 Å². The number of allylic oxidation sites excluding steroid dienone is 1. The number of aromatic nitrogens is 1. The van der Waals surface area contributed by atoms with Crippen molar-refractivity contribution in [1.29, 1.82) is 5.26 Å². The lowest BCUT2D eigenvalue weighted by Gasteiger charge is -2.02. The van der Waals surface area contributed by atoms with E-state index in [9.17, 15) is 15.5 Å². The summed E-state index contributed by atoms with van der Waals surface area (Å²) in [6.07, 6.45) is 1.57. The summed E-state index contributed by atoms with van der Waals surface area (Å²) in [4.78, 5) is 4.52. The second kappa shape index (κ2) is 6.98. The molecule has 25 heavy (non-hydrogen) atoms. The molecule has 0 fully saturated rings. The third-order valence-corrected chi connectivity index (χ3v) is 4.74. The number of halogens is 1. The number of hydrogen-bond donors (Lipinski definition) is 2. The number of aryl methyl sites for hydroxylation is 1. The van der Waals surface area contributed by atoms with Gasteiger partial charge in [-0.25, -0.2) is 4.98 Å². The molecule has 0 bridgehead atoms. The first kappa shape index (κ1) is 17.0. The maximum Gasteiger partial charge on any atom is 0.176 e. The molecule has 1 heterocycles. The van der Waals surface area contributed by atoms with Crippen LogP contribution in [0.15, 0.2) is 41.8 Å². The van der Waals surface area contributed by atoms with E-state index in [0.717, 1.165) is 11.3 Å². The van der Waals surface area contributed by atoms with Crippen LogP contribution < -0.4 is 0 Å². The molecule has 4 nitrogen and oxygen atoms in total. The van der Waals surface area contributed by atoms with E-state index in [1.165, 1.54) is 29.0 Å². The van der Waals surface area contributed by atoms with E-state index >= 15 is 0 Å². The topological polar surface area (TPSA) is 77.1 Å². The van der Waals surface area contributed by atoms with Gasteiger partial charge in [-0.1, -0.05) is 41.4 Å². The van der Waals surface area contributed by atoms with Gasteiger partial charge in [0, 0.05) is 10.9 Å². The minimum Gasteiger partial charge on any atom is -0.504 e. The van der Waals surface area contributed by atoms with Crippen molar-refractivity contribution >= 4 is 34.6 Å². The Labute approximate surface area is 153 Å². The summed E-state index contributed by atoms with van der Waals surface area (Å²) >= 11 is 7.22. The Morgan fingerprint density at radius 3 is 2.60 bits per heavy atom. The molecular weight excluding hydrogens is 356 g/mol. The molecule has 1 aromatic heterocycles. The van der Waals surface area contributed by atoms with Crippen molar-refractivity contribution < 1.29 is 10.2 Å². The zero-order chi connectivity index (χ0) is 18.0. The molecule has 2 N–H and O–H groups in total. The van der Waals surface area contributed by atoms with Crippen LogP contribution in [0.5, 0.6) is 11.5 Å². The Balaban J connectivity index is 1.97. The third-order valence-electron chi connectivity index (χ3n) is 3.58. The minimum absolute atomic E-state index is 0.0167. The molecule has 0 spiro atoms. The number of phenolic OH excluding ortho intramolecular Hbond substituents is 2. The second-order valence-corrected chi connectivity index (χ2v) is 6.71. The summed E-state index contributed by atoms with van der Waals surface area (Å²) < 4.78 is 0. The molecule has 0 aliphatic rings. The van der Waals surface area contributed by atoms with Crippen LogP contribution in [0.2, 0.25) is 5.02 Å². The van der Waals surface area contributed by atoms with E-state index < -0.39 is 0 Å². The molecule has 0 saturated carbocycles. The van der Waals surface area contributed by atoms with Gasteiger partial charge in [-0.2, -0.15) is 5.26 Å². The third kappa shape index (κ3) is 3.66. The Bertz CT molecular complexity index is 978. The van der Waals surface area contributed by atoms with Crippen LogP contribution in [0.25, 0.3) is 22.9 Å². The number of nitriles is 1. The molecule has 6 heteroatoms. The first-order valence-corrected chi connectivity index (χ1v) is 8.60. The SMILES string of the molecule is Cc1ccc(-c2csc(/C(C#N)=C/c3cc(O)c(O)c(Cl)c3)n2)cc1. The standard InChI is InChI=1S/C19H13ClN2O2S/c1-11-2-4-13(5-3-11)16-10-25-19(22-16)14(9-21)6-12-7-15(20)18(24)17(23)8-12/h2-8,10,23-24H,1H3/b14-6+. The maximum absolute atomic E-state index is 9.65. The number of hydrogen-bond acceptors (Lipinski definition) is 5. The van der Waals surface area contributed by atoms with Crippen molar-refractivity contribution in [3.05, 3.63) is 62.9 Å². The number of benzene rings is 2. The van der Waals surface area contributed by atoms with Gasteiger partial charge in [0.2, 0.25) is 0 Å². The zero-order valence-corrected chi connectivity index (χ0v) is 14.8. The molecule has 3 rings (SSSR count). The van der Waals surface area contributed by atoms with Crippen LogP contribution in [0.3, 0.4) is 0 Å². The molecule has 124 valence electrons. The summed E-state index contributed by atoms with van der Waals surface area (Å²) in [6, 6.07) is 12.9. The predicted octanol–water partition coefficient (Wildman–Crippen LogP) is 5.25. The van der Waals surface area contributed by atoms with Crippen molar-refractivity contribution in [3.8, 4) is 28.8 Å². The highest BCUT2D eigenvalue weighted by Crippen LogP contribution is 2.35. The van der Waals surface area contributed by atoms with Gasteiger partial charge >= 0.3 is 0 Å². The van der Waals surface area contributed by atoms with E-state index in [0.29, 0.717) is 16.1 Å². The van der Waals surface area contributed by atoms with E-state index in [1.807, 2.05) is 36.6 Å². The molecule has 0 atom stereocenters. The quantitative estimate of drug-likeness (QED) is 0.489. The largest absolute Gasteiger partial charge is 0.504 e. The van der Waals surface area contributed by atoms with Gasteiger partial charge in [0.1, 0.15) is 11.1 Å². The molecule has 0 unspecified atom stereocenters. The van der Waals surface area contributed by atoms with E-state index in [4.69, 9.17) is 11.6 Å². The van der Waals surface area contributed by atoms with Crippen LogP contribution in [-0.2, 0) is 0 Å². The zero-order valence-electron chi connectivity index (χ0n) is 13.2. The number of phenols is 2. The summed E-state index contributed by atoms with van der Waals surface area (Å²) in [5.74, 6) is -0.719. The van der Waals surface area contributed by atoms with E-state index in [-0.39, 0.29) is 16.5 Å². The van der Waals surface area contributed by atoms with Crippen molar-refractivity contribution in [2.45, 2.75) is 6.92 Å². The number of thiazole rings is 1. The van der Waals surface area contributed by atoms with Crippen molar-refractivity contribution in [2.24, 2.45) is 0 Å².